The Morgan fingerprint density at radius 2 is 1.85 bits per heavy atom. The maximum absolute atomic E-state index is 12.2. The van der Waals surface area contributed by atoms with Gasteiger partial charge in [0.25, 0.3) is 11.5 Å². The number of amides is 2. The van der Waals surface area contributed by atoms with Gasteiger partial charge in [-0.25, -0.2) is 4.98 Å². The second-order valence-corrected chi connectivity index (χ2v) is 5.81. The van der Waals surface area contributed by atoms with Gasteiger partial charge < -0.3 is 10.6 Å². The first-order valence-electron chi connectivity index (χ1n) is 7.55. The monoisotopic (exact) mass is 371 g/mol. The lowest BCUT2D eigenvalue weighted by Crippen LogP contribution is -2.20. The first-order chi connectivity index (χ1) is 12.4. The number of anilines is 2. The third-order valence-corrected chi connectivity index (χ3v) is 3.68. The van der Waals surface area contributed by atoms with Crippen molar-refractivity contribution in [2.24, 2.45) is 0 Å². The van der Waals surface area contributed by atoms with Crippen LogP contribution < -0.4 is 16.2 Å². The summed E-state index contributed by atoms with van der Waals surface area (Å²) >= 11 is 5.81. The van der Waals surface area contributed by atoms with Gasteiger partial charge in [0.1, 0.15) is 5.69 Å². The number of hydrogen-bond donors (Lipinski definition) is 3. The van der Waals surface area contributed by atoms with Gasteiger partial charge in [0, 0.05) is 30.0 Å². The molecule has 3 rings (SSSR count). The molecule has 0 atom stereocenters. The fraction of sp³-hybridized carbons (Fsp3) is 0.0588. The first-order valence-corrected chi connectivity index (χ1v) is 7.93. The van der Waals surface area contributed by atoms with E-state index in [-0.39, 0.29) is 23.3 Å². The van der Waals surface area contributed by atoms with Gasteiger partial charge >= 0.3 is 0 Å². The average molecular weight is 372 g/mol. The fourth-order valence-electron chi connectivity index (χ4n) is 2.21. The molecular weight excluding hydrogens is 358 g/mol. The quantitative estimate of drug-likeness (QED) is 0.654. The molecule has 8 nitrogen and oxygen atoms in total. The van der Waals surface area contributed by atoms with E-state index >= 15 is 0 Å². The molecule has 0 saturated carbocycles. The Hall–Kier alpha value is -3.39. The minimum atomic E-state index is -0.453. The number of carbonyl (C=O) groups excluding carboxylic acids is 2. The highest BCUT2D eigenvalue weighted by atomic mass is 35.5. The Morgan fingerprint density at radius 1 is 1.12 bits per heavy atom. The summed E-state index contributed by atoms with van der Waals surface area (Å²) in [6.07, 6.45) is 2.72. The van der Waals surface area contributed by atoms with Crippen molar-refractivity contribution < 1.29 is 9.59 Å². The van der Waals surface area contributed by atoms with Crippen LogP contribution in [0.5, 0.6) is 0 Å². The van der Waals surface area contributed by atoms with Gasteiger partial charge in [0.05, 0.1) is 5.56 Å². The molecule has 9 heteroatoms. The molecule has 0 spiro atoms. The Kier molecular flexibility index (Phi) is 4.85. The Labute approximate surface area is 152 Å². The van der Waals surface area contributed by atoms with E-state index in [1.165, 1.54) is 25.4 Å². The molecule has 2 aromatic heterocycles. The fourth-order valence-corrected chi connectivity index (χ4v) is 2.33. The van der Waals surface area contributed by atoms with Crippen LogP contribution >= 0.6 is 11.6 Å². The molecule has 0 radical (unpaired) electrons. The topological polar surface area (TPSA) is 109 Å². The number of carbonyl (C=O) groups is 2. The summed E-state index contributed by atoms with van der Waals surface area (Å²) < 4.78 is 1.16. The molecule has 132 valence electrons. The number of nitrogens with zero attached hydrogens (tertiary/aromatic N) is 2. The SMILES string of the molecule is CC(=O)Nc1c[nH]n(-c2ccc(C(=O)Nc3ccc(Cl)cc3)cn2)c1=O. The molecule has 0 unspecified atom stereocenters. The van der Waals surface area contributed by atoms with Crippen molar-refractivity contribution in [3.8, 4) is 5.82 Å². The molecule has 1 aromatic carbocycles. The summed E-state index contributed by atoms with van der Waals surface area (Å²) in [5.41, 5.74) is 0.587. The van der Waals surface area contributed by atoms with Crippen molar-refractivity contribution in [3.05, 3.63) is 69.7 Å². The molecule has 2 heterocycles. The number of pyridine rings is 1. The number of H-pyrrole nitrogens is 1. The molecule has 0 aliphatic carbocycles. The van der Waals surface area contributed by atoms with Crippen LogP contribution in [-0.4, -0.2) is 26.6 Å². The van der Waals surface area contributed by atoms with E-state index in [4.69, 9.17) is 11.6 Å². The van der Waals surface area contributed by atoms with Crippen LogP contribution in [0, 0.1) is 0 Å². The summed E-state index contributed by atoms with van der Waals surface area (Å²) in [7, 11) is 0. The number of aromatic amines is 1. The minimum Gasteiger partial charge on any atom is -0.322 e. The molecule has 3 N–H and O–H groups in total. The van der Waals surface area contributed by atoms with Gasteiger partial charge in [-0.05, 0) is 36.4 Å². The maximum Gasteiger partial charge on any atom is 0.296 e. The number of aromatic nitrogens is 3. The maximum atomic E-state index is 12.2. The van der Waals surface area contributed by atoms with Crippen LogP contribution in [0.1, 0.15) is 17.3 Å². The van der Waals surface area contributed by atoms with Gasteiger partial charge in [-0.1, -0.05) is 11.6 Å². The van der Waals surface area contributed by atoms with Gasteiger partial charge in [-0.2, -0.15) is 4.68 Å². The summed E-state index contributed by atoms with van der Waals surface area (Å²) in [4.78, 5) is 39.6. The lowest BCUT2D eigenvalue weighted by molar-refractivity contribution is -0.114. The van der Waals surface area contributed by atoms with E-state index in [2.05, 4.69) is 20.7 Å². The lowest BCUT2D eigenvalue weighted by Gasteiger charge is -2.06. The highest BCUT2D eigenvalue weighted by Crippen LogP contribution is 2.14. The Balaban J connectivity index is 1.77. The smallest absolute Gasteiger partial charge is 0.296 e. The van der Waals surface area contributed by atoms with E-state index in [1.54, 1.807) is 30.3 Å². The van der Waals surface area contributed by atoms with Crippen LogP contribution in [0.2, 0.25) is 5.02 Å². The third kappa shape index (κ3) is 3.81. The summed E-state index contributed by atoms with van der Waals surface area (Å²) in [6.45, 7) is 1.31. The predicted molar refractivity (Wildman–Crippen MR) is 97.9 cm³/mol. The molecule has 26 heavy (non-hydrogen) atoms. The Bertz CT molecular complexity index is 1010. The van der Waals surface area contributed by atoms with Crippen LogP contribution in [0.15, 0.2) is 53.6 Å². The molecule has 0 bridgehead atoms. The zero-order chi connectivity index (χ0) is 18.7. The predicted octanol–water partition coefficient (Wildman–Crippen LogP) is 2.42. The van der Waals surface area contributed by atoms with Crippen LogP contribution in [0.25, 0.3) is 5.82 Å². The molecular formula is C17H14ClN5O3. The number of benzene rings is 1. The summed E-state index contributed by atoms with van der Waals surface area (Å²) in [6, 6.07) is 9.77. The zero-order valence-electron chi connectivity index (χ0n) is 13.6. The van der Waals surface area contributed by atoms with Crippen molar-refractivity contribution in [1.29, 1.82) is 0 Å². The standard InChI is InChI=1S/C17H14ClN5O3/c1-10(24)21-14-9-20-23(17(14)26)15-7-2-11(8-19-15)16(25)22-13-5-3-12(18)4-6-13/h2-9,20H,1H3,(H,21,24)(H,22,25). The van der Waals surface area contributed by atoms with Crippen LogP contribution in [0.3, 0.4) is 0 Å². The molecule has 0 aliphatic rings. The first kappa shape index (κ1) is 17.4. The highest BCUT2D eigenvalue weighted by molar-refractivity contribution is 6.30. The number of rotatable bonds is 4. The molecule has 3 aromatic rings. The van der Waals surface area contributed by atoms with Gasteiger partial charge in [0.2, 0.25) is 5.91 Å². The number of hydrogen-bond acceptors (Lipinski definition) is 4. The summed E-state index contributed by atoms with van der Waals surface area (Å²) in [5.74, 6) is -0.408. The van der Waals surface area contributed by atoms with Crippen molar-refractivity contribution >= 4 is 34.8 Å². The molecule has 0 saturated heterocycles. The van der Waals surface area contributed by atoms with Gasteiger partial charge in [0.15, 0.2) is 5.82 Å². The van der Waals surface area contributed by atoms with Gasteiger partial charge in [-0.3, -0.25) is 19.5 Å². The van der Waals surface area contributed by atoms with Crippen molar-refractivity contribution in [2.45, 2.75) is 6.92 Å². The molecule has 2 amide bonds. The normalized spacial score (nSPS) is 10.4. The van der Waals surface area contributed by atoms with Crippen LogP contribution in [0.4, 0.5) is 11.4 Å². The van der Waals surface area contributed by atoms with Gasteiger partial charge in [-0.15, -0.1) is 0 Å². The second-order valence-electron chi connectivity index (χ2n) is 5.37. The average Bonchev–Trinajstić information content (AvgIpc) is 2.97. The number of nitrogens with one attached hydrogen (secondary N) is 3. The van der Waals surface area contributed by atoms with E-state index in [0.717, 1.165) is 4.68 Å². The van der Waals surface area contributed by atoms with Crippen molar-refractivity contribution in [1.82, 2.24) is 14.8 Å². The van der Waals surface area contributed by atoms with E-state index in [1.807, 2.05) is 0 Å². The van der Waals surface area contributed by atoms with Crippen molar-refractivity contribution in [3.63, 3.8) is 0 Å². The minimum absolute atomic E-state index is 0.115. The van der Waals surface area contributed by atoms with Crippen molar-refractivity contribution in [2.75, 3.05) is 10.6 Å². The van der Waals surface area contributed by atoms with E-state index < -0.39 is 5.56 Å². The number of halogens is 1. The lowest BCUT2D eigenvalue weighted by atomic mass is 10.2. The second kappa shape index (κ2) is 7.24. The largest absolute Gasteiger partial charge is 0.322 e. The van der Waals surface area contributed by atoms with E-state index in [0.29, 0.717) is 16.3 Å². The Morgan fingerprint density at radius 3 is 2.46 bits per heavy atom. The van der Waals surface area contributed by atoms with E-state index in [9.17, 15) is 14.4 Å². The third-order valence-electron chi connectivity index (χ3n) is 3.42. The summed E-state index contributed by atoms with van der Waals surface area (Å²) in [5, 5.41) is 8.42. The highest BCUT2D eigenvalue weighted by Gasteiger charge is 2.11. The zero-order valence-corrected chi connectivity index (χ0v) is 14.4. The molecule has 0 fully saturated rings. The molecule has 0 aliphatic heterocycles. The van der Waals surface area contributed by atoms with Crippen LogP contribution in [-0.2, 0) is 4.79 Å².